The highest BCUT2D eigenvalue weighted by Crippen LogP contribution is 2.26. The molecule has 1 aromatic rings. The number of non-ortho nitro benzene ring substituents is 1. The fourth-order valence-corrected chi connectivity index (χ4v) is 2.98. The minimum atomic E-state index is -0.407. The van der Waals surface area contributed by atoms with Crippen molar-refractivity contribution in [2.75, 3.05) is 12.4 Å². The van der Waals surface area contributed by atoms with Gasteiger partial charge in [-0.15, -0.1) is 0 Å². The van der Waals surface area contributed by atoms with Gasteiger partial charge in [0.2, 0.25) is 0 Å². The number of nitro groups is 1. The van der Waals surface area contributed by atoms with E-state index in [1.807, 2.05) is 6.92 Å². The zero-order valence-corrected chi connectivity index (χ0v) is 11.8. The second-order valence-electron chi connectivity index (χ2n) is 3.84. The van der Waals surface area contributed by atoms with Gasteiger partial charge in [0.25, 0.3) is 5.69 Å². The standard InChI is InChI=1S/C11H14BrNO3S/c1-8(5-14)6-17-7-9-2-3-10(13(15)16)4-11(9)12/h2-4,8,14H,5-7H2,1H3. The smallest absolute Gasteiger partial charge is 0.270 e. The van der Waals surface area contributed by atoms with Crippen LogP contribution in [0.25, 0.3) is 0 Å². The van der Waals surface area contributed by atoms with Gasteiger partial charge in [0.1, 0.15) is 0 Å². The molecule has 0 radical (unpaired) electrons. The number of thioether (sulfide) groups is 1. The zero-order valence-electron chi connectivity index (χ0n) is 9.43. The van der Waals surface area contributed by atoms with Crippen molar-refractivity contribution in [3.8, 4) is 0 Å². The Morgan fingerprint density at radius 3 is 2.82 bits per heavy atom. The molecular weight excluding hydrogens is 306 g/mol. The monoisotopic (exact) mass is 319 g/mol. The molecule has 0 saturated carbocycles. The molecule has 0 heterocycles. The molecule has 6 heteroatoms. The molecule has 1 rings (SSSR count). The second-order valence-corrected chi connectivity index (χ2v) is 5.72. The van der Waals surface area contributed by atoms with E-state index < -0.39 is 4.92 Å². The first-order chi connectivity index (χ1) is 8.04. The van der Waals surface area contributed by atoms with E-state index >= 15 is 0 Å². The number of aliphatic hydroxyl groups excluding tert-OH is 1. The minimum Gasteiger partial charge on any atom is -0.396 e. The number of nitro benzene ring substituents is 1. The highest BCUT2D eigenvalue weighted by Gasteiger charge is 2.09. The molecule has 0 aliphatic carbocycles. The van der Waals surface area contributed by atoms with E-state index in [9.17, 15) is 10.1 Å². The van der Waals surface area contributed by atoms with Crippen molar-refractivity contribution in [2.24, 2.45) is 5.92 Å². The largest absolute Gasteiger partial charge is 0.396 e. The fraction of sp³-hybridized carbons (Fsp3) is 0.455. The van der Waals surface area contributed by atoms with Gasteiger partial charge in [-0.3, -0.25) is 10.1 Å². The summed E-state index contributed by atoms with van der Waals surface area (Å²) in [6.07, 6.45) is 0. The Bertz CT molecular complexity index is 400. The molecule has 4 nitrogen and oxygen atoms in total. The van der Waals surface area contributed by atoms with E-state index in [0.29, 0.717) is 0 Å². The van der Waals surface area contributed by atoms with Crippen LogP contribution in [0, 0.1) is 16.0 Å². The molecule has 17 heavy (non-hydrogen) atoms. The summed E-state index contributed by atoms with van der Waals surface area (Å²) in [4.78, 5) is 10.2. The summed E-state index contributed by atoms with van der Waals surface area (Å²) < 4.78 is 0.760. The number of aliphatic hydroxyl groups is 1. The first-order valence-electron chi connectivity index (χ1n) is 5.16. The van der Waals surface area contributed by atoms with E-state index in [-0.39, 0.29) is 18.2 Å². The highest BCUT2D eigenvalue weighted by molar-refractivity contribution is 9.10. The van der Waals surface area contributed by atoms with E-state index in [0.717, 1.165) is 21.5 Å². The molecule has 0 fully saturated rings. The zero-order chi connectivity index (χ0) is 12.8. The summed E-state index contributed by atoms with van der Waals surface area (Å²) in [5, 5.41) is 19.4. The Morgan fingerprint density at radius 2 is 2.29 bits per heavy atom. The number of hydrogen-bond donors (Lipinski definition) is 1. The molecule has 1 atom stereocenters. The summed E-state index contributed by atoms with van der Waals surface area (Å²) >= 11 is 5.04. The van der Waals surface area contributed by atoms with Crippen LogP contribution in [0.3, 0.4) is 0 Å². The topological polar surface area (TPSA) is 63.4 Å². The molecule has 1 N–H and O–H groups in total. The maximum atomic E-state index is 10.6. The van der Waals surface area contributed by atoms with Gasteiger partial charge in [0.05, 0.1) is 4.92 Å². The molecule has 0 bridgehead atoms. The Hall–Kier alpha value is -0.590. The number of hydrogen-bond acceptors (Lipinski definition) is 4. The summed E-state index contributed by atoms with van der Waals surface area (Å²) in [7, 11) is 0. The van der Waals surface area contributed by atoms with E-state index in [1.165, 1.54) is 12.1 Å². The van der Waals surface area contributed by atoms with Gasteiger partial charge in [0, 0.05) is 29.0 Å². The Balaban J connectivity index is 2.57. The van der Waals surface area contributed by atoms with Crippen LogP contribution in [-0.2, 0) is 5.75 Å². The summed E-state index contributed by atoms with van der Waals surface area (Å²) in [6.45, 7) is 2.17. The van der Waals surface area contributed by atoms with Crippen molar-refractivity contribution < 1.29 is 10.0 Å². The van der Waals surface area contributed by atoms with Crippen LogP contribution in [0.4, 0.5) is 5.69 Å². The van der Waals surface area contributed by atoms with Crippen molar-refractivity contribution in [2.45, 2.75) is 12.7 Å². The molecule has 94 valence electrons. The third-order valence-corrected chi connectivity index (χ3v) is 4.28. The third-order valence-electron chi connectivity index (χ3n) is 2.22. The van der Waals surface area contributed by atoms with Gasteiger partial charge in [-0.25, -0.2) is 0 Å². The van der Waals surface area contributed by atoms with E-state index in [2.05, 4.69) is 15.9 Å². The maximum absolute atomic E-state index is 10.6. The predicted octanol–water partition coefficient (Wildman–Crippen LogP) is 3.22. The predicted molar refractivity (Wildman–Crippen MR) is 73.2 cm³/mol. The van der Waals surface area contributed by atoms with Gasteiger partial charge in [-0.05, 0) is 17.2 Å². The highest BCUT2D eigenvalue weighted by atomic mass is 79.9. The normalized spacial score (nSPS) is 12.4. The van der Waals surface area contributed by atoms with Crippen molar-refractivity contribution in [3.05, 3.63) is 38.3 Å². The van der Waals surface area contributed by atoms with Crippen molar-refractivity contribution in [3.63, 3.8) is 0 Å². The molecule has 1 aromatic carbocycles. The second kappa shape index (κ2) is 6.98. The summed E-state index contributed by atoms with van der Waals surface area (Å²) in [5.74, 6) is 1.93. The third kappa shape index (κ3) is 4.65. The van der Waals surface area contributed by atoms with Crippen molar-refractivity contribution in [1.82, 2.24) is 0 Å². The average Bonchev–Trinajstić information content (AvgIpc) is 2.30. The van der Waals surface area contributed by atoms with Crippen LogP contribution in [0.2, 0.25) is 0 Å². The van der Waals surface area contributed by atoms with Gasteiger partial charge in [0.15, 0.2) is 0 Å². The quantitative estimate of drug-likeness (QED) is 0.646. The van der Waals surface area contributed by atoms with Crippen molar-refractivity contribution in [1.29, 1.82) is 0 Å². The van der Waals surface area contributed by atoms with Gasteiger partial charge in [-0.2, -0.15) is 11.8 Å². The molecule has 1 unspecified atom stereocenters. The number of benzene rings is 1. The lowest BCUT2D eigenvalue weighted by Crippen LogP contribution is -2.03. The SMILES string of the molecule is CC(CO)CSCc1ccc([N+](=O)[O-])cc1Br. The van der Waals surface area contributed by atoms with Crippen LogP contribution >= 0.6 is 27.7 Å². The van der Waals surface area contributed by atoms with Crippen molar-refractivity contribution >= 4 is 33.4 Å². The van der Waals surface area contributed by atoms with Crippen LogP contribution in [-0.4, -0.2) is 22.4 Å². The maximum Gasteiger partial charge on any atom is 0.270 e. The van der Waals surface area contributed by atoms with Crippen LogP contribution in [0.15, 0.2) is 22.7 Å². The molecule has 0 saturated heterocycles. The lowest BCUT2D eigenvalue weighted by Gasteiger charge is -2.08. The minimum absolute atomic E-state index is 0.0920. The molecule has 0 spiro atoms. The van der Waals surface area contributed by atoms with Gasteiger partial charge in [-0.1, -0.05) is 28.9 Å². The van der Waals surface area contributed by atoms with Gasteiger partial charge >= 0.3 is 0 Å². The lowest BCUT2D eigenvalue weighted by atomic mass is 10.2. The van der Waals surface area contributed by atoms with Crippen LogP contribution in [0.5, 0.6) is 0 Å². The molecular formula is C11H14BrNO3S. The first-order valence-corrected chi connectivity index (χ1v) is 7.10. The lowest BCUT2D eigenvalue weighted by molar-refractivity contribution is -0.384. The number of nitrogens with zero attached hydrogens (tertiary/aromatic N) is 1. The average molecular weight is 320 g/mol. The number of halogens is 1. The first kappa shape index (κ1) is 14.5. The molecule has 0 aromatic heterocycles. The fourth-order valence-electron chi connectivity index (χ4n) is 1.19. The van der Waals surface area contributed by atoms with Crippen LogP contribution < -0.4 is 0 Å². The molecule has 0 amide bonds. The van der Waals surface area contributed by atoms with Crippen LogP contribution in [0.1, 0.15) is 12.5 Å². The summed E-state index contributed by atoms with van der Waals surface area (Å²) in [6, 6.07) is 4.79. The number of rotatable bonds is 6. The molecule has 0 aliphatic rings. The summed E-state index contributed by atoms with van der Waals surface area (Å²) in [5.41, 5.74) is 1.13. The van der Waals surface area contributed by atoms with Gasteiger partial charge < -0.3 is 5.11 Å². The molecule has 0 aliphatic heterocycles. The Kier molecular flexibility index (Phi) is 5.94. The van der Waals surface area contributed by atoms with E-state index in [1.54, 1.807) is 17.8 Å². The Morgan fingerprint density at radius 1 is 1.59 bits per heavy atom. The van der Waals surface area contributed by atoms with E-state index in [4.69, 9.17) is 5.11 Å². The Labute approximate surface area is 113 Å².